The summed E-state index contributed by atoms with van der Waals surface area (Å²) in [5, 5.41) is 11.5. The smallest absolute Gasteiger partial charge is 0.335 e. The molecule has 1 fully saturated rings. The first kappa shape index (κ1) is 21.1. The topological polar surface area (TPSA) is 95.9 Å². The molecule has 3 amide bonds. The molecular formula is C20H16Br2N2O5. The normalized spacial score (nSPS) is 15.0. The van der Waals surface area contributed by atoms with Crippen molar-refractivity contribution in [3.8, 4) is 5.75 Å². The Labute approximate surface area is 183 Å². The van der Waals surface area contributed by atoms with Crippen molar-refractivity contribution in [3.05, 3.63) is 67.7 Å². The number of hydrogen-bond acceptors (Lipinski definition) is 4. The molecule has 150 valence electrons. The second-order valence-electron chi connectivity index (χ2n) is 6.14. The van der Waals surface area contributed by atoms with Crippen molar-refractivity contribution in [2.75, 3.05) is 6.54 Å². The summed E-state index contributed by atoms with van der Waals surface area (Å²) in [6, 6.07) is 9.54. The predicted octanol–water partition coefficient (Wildman–Crippen LogP) is 4.40. The summed E-state index contributed by atoms with van der Waals surface area (Å²) in [6.07, 6.45) is 1.60. The maximum Gasteiger partial charge on any atom is 0.335 e. The van der Waals surface area contributed by atoms with Crippen molar-refractivity contribution in [1.82, 2.24) is 10.2 Å². The maximum absolute atomic E-state index is 12.2. The van der Waals surface area contributed by atoms with Crippen LogP contribution < -0.4 is 10.1 Å². The van der Waals surface area contributed by atoms with Crippen LogP contribution in [0.4, 0.5) is 4.79 Å². The van der Waals surface area contributed by atoms with E-state index in [-0.39, 0.29) is 23.8 Å². The van der Waals surface area contributed by atoms with Crippen LogP contribution in [-0.4, -0.2) is 34.5 Å². The number of aromatic carboxylic acids is 1. The van der Waals surface area contributed by atoms with Crippen LogP contribution in [0, 0.1) is 0 Å². The molecule has 0 atom stereocenters. The summed E-state index contributed by atoms with van der Waals surface area (Å²) < 4.78 is 7.16. The number of nitrogens with zero attached hydrogens (tertiary/aromatic N) is 1. The Balaban J connectivity index is 1.76. The van der Waals surface area contributed by atoms with Gasteiger partial charge in [-0.15, -0.1) is 0 Å². The van der Waals surface area contributed by atoms with E-state index in [1.807, 2.05) is 0 Å². The van der Waals surface area contributed by atoms with Crippen molar-refractivity contribution < 1.29 is 24.2 Å². The van der Waals surface area contributed by atoms with Crippen molar-refractivity contribution in [2.24, 2.45) is 0 Å². The Morgan fingerprint density at radius 3 is 2.31 bits per heavy atom. The highest BCUT2D eigenvalue weighted by atomic mass is 79.9. The molecule has 0 aromatic heterocycles. The van der Waals surface area contributed by atoms with Crippen molar-refractivity contribution >= 4 is 55.8 Å². The summed E-state index contributed by atoms with van der Waals surface area (Å²) in [6.45, 7) is 2.28. The van der Waals surface area contributed by atoms with Gasteiger partial charge >= 0.3 is 12.0 Å². The molecule has 0 radical (unpaired) electrons. The first-order valence-corrected chi connectivity index (χ1v) is 10.2. The van der Waals surface area contributed by atoms with Crippen molar-refractivity contribution in [1.29, 1.82) is 0 Å². The number of carboxylic acids is 1. The van der Waals surface area contributed by atoms with Crippen LogP contribution in [0.3, 0.4) is 0 Å². The Hall–Kier alpha value is -2.65. The standard InChI is InChI=1S/C20H16Br2N2O5/c1-2-24-18(25)16(23-20(24)28)9-12-7-14(21)17(15(22)8-12)29-10-11-3-5-13(6-4-11)19(26)27/h3-9H,2,10H2,1H3,(H,23,28)(H,26,27)/b16-9+. The monoisotopic (exact) mass is 522 g/mol. The number of hydrogen-bond donors (Lipinski definition) is 2. The van der Waals surface area contributed by atoms with Gasteiger partial charge in [0, 0.05) is 6.54 Å². The van der Waals surface area contributed by atoms with Crippen LogP contribution in [-0.2, 0) is 11.4 Å². The van der Waals surface area contributed by atoms with Crippen LogP contribution in [0.25, 0.3) is 6.08 Å². The summed E-state index contributed by atoms with van der Waals surface area (Å²) in [5.41, 5.74) is 1.94. The highest BCUT2D eigenvalue weighted by Gasteiger charge is 2.32. The molecule has 1 heterocycles. The minimum absolute atomic E-state index is 0.211. The number of rotatable bonds is 6. The van der Waals surface area contributed by atoms with E-state index in [0.717, 1.165) is 10.5 Å². The van der Waals surface area contributed by atoms with Gasteiger partial charge in [-0.1, -0.05) is 12.1 Å². The van der Waals surface area contributed by atoms with Crippen LogP contribution in [0.1, 0.15) is 28.4 Å². The van der Waals surface area contributed by atoms with E-state index in [1.54, 1.807) is 37.3 Å². The fourth-order valence-corrected chi connectivity index (χ4v) is 4.18. The fourth-order valence-electron chi connectivity index (χ4n) is 2.73. The fraction of sp³-hybridized carbons (Fsp3) is 0.150. The van der Waals surface area contributed by atoms with E-state index in [0.29, 0.717) is 26.8 Å². The quantitative estimate of drug-likeness (QED) is 0.432. The van der Waals surface area contributed by atoms with Gasteiger partial charge < -0.3 is 15.2 Å². The first-order valence-electron chi connectivity index (χ1n) is 8.58. The highest BCUT2D eigenvalue weighted by molar-refractivity contribution is 9.11. The van der Waals surface area contributed by atoms with E-state index < -0.39 is 12.0 Å². The number of amides is 3. The summed E-state index contributed by atoms with van der Waals surface area (Å²) in [4.78, 5) is 36.0. The molecule has 2 aromatic rings. The minimum Gasteiger partial charge on any atom is -0.487 e. The second-order valence-corrected chi connectivity index (χ2v) is 7.85. The van der Waals surface area contributed by atoms with E-state index in [2.05, 4.69) is 37.2 Å². The Morgan fingerprint density at radius 2 is 1.79 bits per heavy atom. The van der Waals surface area contributed by atoms with Gasteiger partial charge in [0.2, 0.25) is 0 Å². The molecule has 1 aliphatic heterocycles. The summed E-state index contributed by atoms with van der Waals surface area (Å²) in [7, 11) is 0. The van der Waals surface area contributed by atoms with Gasteiger partial charge in [0.05, 0.1) is 14.5 Å². The number of nitrogens with one attached hydrogen (secondary N) is 1. The zero-order valence-electron chi connectivity index (χ0n) is 15.2. The number of carbonyl (C=O) groups is 3. The van der Waals surface area contributed by atoms with E-state index >= 15 is 0 Å². The molecule has 0 spiro atoms. The van der Waals surface area contributed by atoms with Gasteiger partial charge in [-0.25, -0.2) is 9.59 Å². The number of benzene rings is 2. The van der Waals surface area contributed by atoms with Crippen LogP contribution in [0.5, 0.6) is 5.75 Å². The number of likely N-dealkylation sites (N-methyl/N-ethyl adjacent to an activating group) is 1. The molecule has 2 aromatic carbocycles. The minimum atomic E-state index is -0.980. The van der Waals surface area contributed by atoms with E-state index in [9.17, 15) is 14.4 Å². The largest absolute Gasteiger partial charge is 0.487 e. The zero-order chi connectivity index (χ0) is 21.1. The van der Waals surface area contributed by atoms with Crippen molar-refractivity contribution in [3.63, 3.8) is 0 Å². The lowest BCUT2D eigenvalue weighted by molar-refractivity contribution is -0.122. The molecular weight excluding hydrogens is 508 g/mol. The number of imide groups is 1. The molecule has 0 unspecified atom stereocenters. The van der Waals surface area contributed by atoms with Crippen LogP contribution in [0.15, 0.2) is 51.0 Å². The third kappa shape index (κ3) is 4.68. The molecule has 29 heavy (non-hydrogen) atoms. The van der Waals surface area contributed by atoms with Crippen LogP contribution >= 0.6 is 31.9 Å². The molecule has 0 saturated carbocycles. The number of ether oxygens (including phenoxy) is 1. The van der Waals surface area contributed by atoms with Crippen molar-refractivity contribution in [2.45, 2.75) is 13.5 Å². The molecule has 2 N–H and O–H groups in total. The maximum atomic E-state index is 12.2. The van der Waals surface area contributed by atoms with Gasteiger partial charge in [-0.05, 0) is 80.3 Å². The molecule has 0 aliphatic carbocycles. The third-order valence-electron chi connectivity index (χ3n) is 4.19. The molecule has 1 aliphatic rings. The highest BCUT2D eigenvalue weighted by Crippen LogP contribution is 2.36. The van der Waals surface area contributed by atoms with Gasteiger partial charge in [0.1, 0.15) is 18.1 Å². The lowest BCUT2D eigenvalue weighted by Crippen LogP contribution is -2.30. The molecule has 1 saturated heterocycles. The summed E-state index contributed by atoms with van der Waals surface area (Å²) >= 11 is 6.92. The van der Waals surface area contributed by atoms with Crippen LogP contribution in [0.2, 0.25) is 0 Å². The summed E-state index contributed by atoms with van der Waals surface area (Å²) in [5.74, 6) is -0.784. The third-order valence-corrected chi connectivity index (χ3v) is 5.37. The van der Waals surface area contributed by atoms with Gasteiger partial charge in [-0.3, -0.25) is 9.69 Å². The van der Waals surface area contributed by atoms with Gasteiger partial charge in [-0.2, -0.15) is 0 Å². The van der Waals surface area contributed by atoms with Gasteiger partial charge in [0.15, 0.2) is 0 Å². The average molecular weight is 524 g/mol. The Kier molecular flexibility index (Phi) is 6.39. The molecule has 9 heteroatoms. The van der Waals surface area contributed by atoms with Gasteiger partial charge in [0.25, 0.3) is 5.91 Å². The molecule has 0 bridgehead atoms. The second kappa shape index (κ2) is 8.79. The predicted molar refractivity (Wildman–Crippen MR) is 113 cm³/mol. The number of urea groups is 1. The molecule has 7 nitrogen and oxygen atoms in total. The number of carboxylic acid groups (broad SMARTS) is 1. The number of carbonyl (C=O) groups excluding carboxylic acids is 2. The Bertz CT molecular complexity index is 995. The lowest BCUT2D eigenvalue weighted by Gasteiger charge is -2.12. The average Bonchev–Trinajstić information content (AvgIpc) is 2.94. The first-order chi connectivity index (χ1) is 13.8. The SMILES string of the molecule is CCN1C(=O)N/C(=C/c2cc(Br)c(OCc3ccc(C(=O)O)cc3)c(Br)c2)C1=O. The van der Waals surface area contributed by atoms with E-state index in [1.165, 1.54) is 12.1 Å². The lowest BCUT2D eigenvalue weighted by atomic mass is 10.1. The molecule has 3 rings (SSSR count). The number of halogens is 2. The Morgan fingerprint density at radius 1 is 1.17 bits per heavy atom. The zero-order valence-corrected chi connectivity index (χ0v) is 18.4. The van der Waals surface area contributed by atoms with E-state index in [4.69, 9.17) is 9.84 Å².